The van der Waals surface area contributed by atoms with Crippen molar-refractivity contribution in [3.8, 4) is 0 Å². The maximum absolute atomic E-state index is 12.3. The number of nitrogens with one attached hydrogen (secondary N) is 1. The SMILES string of the molecule is Cc1ccccc1C(=O)Nc1ccc(N(C)C2CCS(=O)(=O)C2)cn1. The lowest BCUT2D eigenvalue weighted by Crippen LogP contribution is -2.32. The molecule has 1 amide bonds. The predicted molar refractivity (Wildman–Crippen MR) is 98.8 cm³/mol. The summed E-state index contributed by atoms with van der Waals surface area (Å²) in [4.78, 5) is 18.5. The van der Waals surface area contributed by atoms with Crippen LogP contribution in [0.4, 0.5) is 11.5 Å². The molecule has 6 nitrogen and oxygen atoms in total. The van der Waals surface area contributed by atoms with E-state index in [1.165, 1.54) is 0 Å². The molecule has 1 aromatic heterocycles. The van der Waals surface area contributed by atoms with Crippen LogP contribution in [-0.4, -0.2) is 43.9 Å². The minimum atomic E-state index is -2.93. The number of aryl methyl sites for hydroxylation is 1. The van der Waals surface area contributed by atoms with Crippen molar-refractivity contribution in [3.05, 3.63) is 53.7 Å². The molecule has 0 spiro atoms. The number of benzene rings is 1. The molecular formula is C18H21N3O3S. The monoisotopic (exact) mass is 359 g/mol. The molecule has 1 atom stereocenters. The first-order valence-corrected chi connectivity index (χ1v) is 9.94. The molecule has 2 aromatic rings. The van der Waals surface area contributed by atoms with Gasteiger partial charge in [0.2, 0.25) is 0 Å². The van der Waals surface area contributed by atoms with Crippen LogP contribution in [0.3, 0.4) is 0 Å². The van der Waals surface area contributed by atoms with Crippen molar-refractivity contribution in [2.45, 2.75) is 19.4 Å². The Morgan fingerprint density at radius 3 is 2.60 bits per heavy atom. The molecule has 0 bridgehead atoms. The van der Waals surface area contributed by atoms with Crippen molar-refractivity contribution >= 4 is 27.2 Å². The fraction of sp³-hybridized carbons (Fsp3) is 0.333. The molecular weight excluding hydrogens is 338 g/mol. The first-order valence-electron chi connectivity index (χ1n) is 8.12. The van der Waals surface area contributed by atoms with Crippen molar-refractivity contribution in [3.63, 3.8) is 0 Å². The molecule has 0 aliphatic carbocycles. The Labute approximate surface area is 147 Å². The zero-order chi connectivity index (χ0) is 18.0. The Bertz CT molecular complexity index is 879. The maximum atomic E-state index is 12.3. The van der Waals surface area contributed by atoms with E-state index in [4.69, 9.17) is 0 Å². The van der Waals surface area contributed by atoms with Crippen LogP contribution in [0.25, 0.3) is 0 Å². The summed E-state index contributed by atoms with van der Waals surface area (Å²) in [5, 5.41) is 2.78. The summed E-state index contributed by atoms with van der Waals surface area (Å²) >= 11 is 0. The minimum Gasteiger partial charge on any atom is -0.369 e. The number of nitrogens with zero attached hydrogens (tertiary/aromatic N) is 2. The van der Waals surface area contributed by atoms with Gasteiger partial charge in [0.25, 0.3) is 5.91 Å². The second-order valence-corrected chi connectivity index (χ2v) is 8.57. The van der Waals surface area contributed by atoms with E-state index >= 15 is 0 Å². The molecule has 132 valence electrons. The standard InChI is InChI=1S/C18H21N3O3S/c1-13-5-3-4-6-16(13)18(22)20-17-8-7-14(11-19-17)21(2)15-9-10-25(23,24)12-15/h3-8,11,15H,9-10,12H2,1-2H3,(H,19,20,22). The third-order valence-corrected chi connectivity index (χ3v) is 6.29. The van der Waals surface area contributed by atoms with E-state index in [1.807, 2.05) is 43.1 Å². The zero-order valence-corrected chi connectivity index (χ0v) is 15.1. The van der Waals surface area contributed by atoms with Gasteiger partial charge in [0.1, 0.15) is 5.82 Å². The van der Waals surface area contributed by atoms with Crippen molar-refractivity contribution in [1.82, 2.24) is 4.98 Å². The molecule has 1 aromatic carbocycles. The lowest BCUT2D eigenvalue weighted by molar-refractivity contribution is 0.102. The van der Waals surface area contributed by atoms with Gasteiger partial charge < -0.3 is 10.2 Å². The molecule has 25 heavy (non-hydrogen) atoms. The number of pyridine rings is 1. The fourth-order valence-corrected chi connectivity index (χ4v) is 4.75. The van der Waals surface area contributed by atoms with Gasteiger partial charge in [-0.05, 0) is 37.1 Å². The van der Waals surface area contributed by atoms with Gasteiger partial charge in [-0.1, -0.05) is 18.2 Å². The van der Waals surface area contributed by atoms with Crippen molar-refractivity contribution in [1.29, 1.82) is 0 Å². The number of anilines is 2. The van der Waals surface area contributed by atoms with E-state index in [0.717, 1.165) is 11.3 Å². The molecule has 0 radical (unpaired) electrons. The average Bonchev–Trinajstić information content (AvgIpc) is 2.95. The van der Waals surface area contributed by atoms with Gasteiger partial charge in [-0.2, -0.15) is 0 Å². The van der Waals surface area contributed by atoms with Crippen LogP contribution in [0.15, 0.2) is 42.6 Å². The second-order valence-electron chi connectivity index (χ2n) is 6.34. The molecule has 3 rings (SSSR count). The summed E-state index contributed by atoms with van der Waals surface area (Å²) in [6.07, 6.45) is 2.28. The highest BCUT2D eigenvalue weighted by Gasteiger charge is 2.30. The maximum Gasteiger partial charge on any atom is 0.257 e. The highest BCUT2D eigenvalue weighted by atomic mass is 32.2. The van der Waals surface area contributed by atoms with Gasteiger partial charge >= 0.3 is 0 Å². The number of carbonyl (C=O) groups excluding carboxylic acids is 1. The highest BCUT2D eigenvalue weighted by molar-refractivity contribution is 7.91. The molecule has 1 N–H and O–H groups in total. The number of sulfone groups is 1. The molecule has 1 unspecified atom stereocenters. The summed E-state index contributed by atoms with van der Waals surface area (Å²) in [7, 11) is -1.06. The van der Waals surface area contributed by atoms with Gasteiger partial charge in [0.05, 0.1) is 23.4 Å². The summed E-state index contributed by atoms with van der Waals surface area (Å²) < 4.78 is 23.2. The van der Waals surface area contributed by atoms with E-state index in [9.17, 15) is 13.2 Å². The highest BCUT2D eigenvalue weighted by Crippen LogP contribution is 2.23. The van der Waals surface area contributed by atoms with Crippen LogP contribution in [0, 0.1) is 6.92 Å². The summed E-state index contributed by atoms with van der Waals surface area (Å²) in [6.45, 7) is 1.88. The Morgan fingerprint density at radius 1 is 1.24 bits per heavy atom. The first kappa shape index (κ1) is 17.4. The van der Waals surface area contributed by atoms with Crippen LogP contribution in [0.1, 0.15) is 22.3 Å². The van der Waals surface area contributed by atoms with E-state index in [0.29, 0.717) is 17.8 Å². The predicted octanol–water partition coefficient (Wildman–Crippen LogP) is 2.27. The van der Waals surface area contributed by atoms with Gasteiger partial charge in [-0.15, -0.1) is 0 Å². The molecule has 2 heterocycles. The Kier molecular flexibility index (Phi) is 4.76. The zero-order valence-electron chi connectivity index (χ0n) is 14.3. The largest absolute Gasteiger partial charge is 0.369 e. The Balaban J connectivity index is 1.68. The van der Waals surface area contributed by atoms with Gasteiger partial charge in [-0.25, -0.2) is 13.4 Å². The number of carbonyl (C=O) groups is 1. The van der Waals surface area contributed by atoms with E-state index < -0.39 is 9.84 Å². The van der Waals surface area contributed by atoms with Crippen molar-refractivity contribution in [2.24, 2.45) is 0 Å². The lowest BCUT2D eigenvalue weighted by Gasteiger charge is -2.25. The summed E-state index contributed by atoms with van der Waals surface area (Å²) in [5.41, 5.74) is 2.34. The topological polar surface area (TPSA) is 79.4 Å². The summed E-state index contributed by atoms with van der Waals surface area (Å²) in [6, 6.07) is 10.9. The number of amides is 1. The van der Waals surface area contributed by atoms with Crippen LogP contribution in [0.5, 0.6) is 0 Å². The van der Waals surface area contributed by atoms with Gasteiger partial charge in [0.15, 0.2) is 9.84 Å². The molecule has 1 aliphatic heterocycles. The third-order valence-electron chi connectivity index (χ3n) is 4.54. The molecule has 7 heteroatoms. The molecule has 0 saturated carbocycles. The lowest BCUT2D eigenvalue weighted by atomic mass is 10.1. The number of aromatic nitrogens is 1. The number of rotatable bonds is 4. The van der Waals surface area contributed by atoms with E-state index in [2.05, 4.69) is 10.3 Å². The van der Waals surface area contributed by atoms with Crippen molar-refractivity contribution < 1.29 is 13.2 Å². The van der Waals surface area contributed by atoms with E-state index in [-0.39, 0.29) is 23.5 Å². The van der Waals surface area contributed by atoms with Crippen LogP contribution in [-0.2, 0) is 9.84 Å². The van der Waals surface area contributed by atoms with Crippen molar-refractivity contribution in [2.75, 3.05) is 28.8 Å². The van der Waals surface area contributed by atoms with E-state index in [1.54, 1.807) is 18.3 Å². The second kappa shape index (κ2) is 6.84. The van der Waals surface area contributed by atoms with Crippen LogP contribution in [0.2, 0.25) is 0 Å². The smallest absolute Gasteiger partial charge is 0.257 e. The Morgan fingerprint density at radius 2 is 2.00 bits per heavy atom. The van der Waals surface area contributed by atoms with Gasteiger partial charge in [-0.3, -0.25) is 4.79 Å². The Hall–Kier alpha value is -2.41. The molecule has 1 aliphatic rings. The molecule has 1 fully saturated rings. The minimum absolute atomic E-state index is 0.0285. The van der Waals surface area contributed by atoms with Crippen LogP contribution < -0.4 is 10.2 Å². The molecule has 1 saturated heterocycles. The number of hydrogen-bond donors (Lipinski definition) is 1. The van der Waals surface area contributed by atoms with Gasteiger partial charge in [0, 0.05) is 18.7 Å². The first-order chi connectivity index (χ1) is 11.9. The average molecular weight is 359 g/mol. The fourth-order valence-electron chi connectivity index (χ4n) is 2.97. The third kappa shape index (κ3) is 3.99. The normalized spacial score (nSPS) is 18.7. The van der Waals surface area contributed by atoms with Crippen LogP contribution >= 0.6 is 0 Å². The number of hydrogen-bond acceptors (Lipinski definition) is 5. The summed E-state index contributed by atoms with van der Waals surface area (Å²) in [5.74, 6) is 0.674. The quantitative estimate of drug-likeness (QED) is 0.906.